The van der Waals surface area contributed by atoms with Crippen molar-refractivity contribution < 1.29 is 27.5 Å². The van der Waals surface area contributed by atoms with Crippen molar-refractivity contribution >= 4 is 21.9 Å². The maximum absolute atomic E-state index is 13.7. The molecular formula is C11H5BrF4N2O2. The van der Waals surface area contributed by atoms with E-state index in [1.807, 2.05) is 0 Å². The molecule has 0 aliphatic rings. The molecule has 4 nitrogen and oxygen atoms in total. The predicted octanol–water partition coefficient (Wildman–Crippen LogP) is 3.49. The van der Waals surface area contributed by atoms with Crippen LogP contribution in [-0.2, 0) is 6.18 Å². The number of alkyl halides is 3. The van der Waals surface area contributed by atoms with Crippen molar-refractivity contribution in [1.82, 2.24) is 9.78 Å². The van der Waals surface area contributed by atoms with Gasteiger partial charge in [0.25, 0.3) is 0 Å². The number of carboxylic acids is 1. The van der Waals surface area contributed by atoms with Gasteiger partial charge >= 0.3 is 12.1 Å². The summed E-state index contributed by atoms with van der Waals surface area (Å²) in [7, 11) is 0. The quantitative estimate of drug-likeness (QED) is 0.841. The van der Waals surface area contributed by atoms with Crippen LogP contribution in [0.4, 0.5) is 17.6 Å². The van der Waals surface area contributed by atoms with Gasteiger partial charge in [-0.2, -0.15) is 18.3 Å². The first-order valence-electron chi connectivity index (χ1n) is 5.05. The molecule has 1 aromatic carbocycles. The Morgan fingerprint density at radius 2 is 2.00 bits per heavy atom. The first kappa shape index (κ1) is 14.5. The molecule has 0 radical (unpaired) electrons. The molecule has 0 bridgehead atoms. The number of aromatic nitrogens is 2. The minimum absolute atomic E-state index is 0.227. The lowest BCUT2D eigenvalue weighted by atomic mass is 10.2. The minimum atomic E-state index is -4.98. The Kier molecular flexibility index (Phi) is 3.55. The van der Waals surface area contributed by atoms with Gasteiger partial charge < -0.3 is 5.11 Å². The van der Waals surface area contributed by atoms with Crippen molar-refractivity contribution in [2.45, 2.75) is 6.18 Å². The van der Waals surface area contributed by atoms with Crippen LogP contribution in [0.1, 0.15) is 16.1 Å². The van der Waals surface area contributed by atoms with Crippen molar-refractivity contribution in [2.75, 3.05) is 0 Å². The highest BCUT2D eigenvalue weighted by molar-refractivity contribution is 9.10. The third kappa shape index (κ3) is 2.53. The summed E-state index contributed by atoms with van der Waals surface area (Å²) in [5, 5.41) is 12.1. The lowest BCUT2D eigenvalue weighted by Gasteiger charge is -2.12. The Morgan fingerprint density at radius 3 is 2.50 bits per heavy atom. The van der Waals surface area contributed by atoms with E-state index >= 15 is 0 Å². The molecule has 106 valence electrons. The molecule has 0 saturated carbocycles. The second-order valence-corrected chi connectivity index (χ2v) is 4.63. The molecule has 1 heterocycles. The van der Waals surface area contributed by atoms with E-state index < -0.39 is 34.9 Å². The number of aromatic carboxylic acids is 1. The molecule has 0 fully saturated rings. The number of rotatable bonds is 2. The predicted molar refractivity (Wildman–Crippen MR) is 63.2 cm³/mol. The van der Waals surface area contributed by atoms with E-state index in [2.05, 4.69) is 21.0 Å². The molecule has 20 heavy (non-hydrogen) atoms. The van der Waals surface area contributed by atoms with Gasteiger partial charge in [0.2, 0.25) is 0 Å². The molecule has 0 aliphatic carbocycles. The van der Waals surface area contributed by atoms with Crippen LogP contribution < -0.4 is 0 Å². The van der Waals surface area contributed by atoms with E-state index in [4.69, 9.17) is 5.11 Å². The molecule has 1 aromatic heterocycles. The highest BCUT2D eigenvalue weighted by Crippen LogP contribution is 2.34. The van der Waals surface area contributed by atoms with Gasteiger partial charge in [0, 0.05) is 4.47 Å². The average molecular weight is 353 g/mol. The molecule has 9 heteroatoms. The highest BCUT2D eigenvalue weighted by Gasteiger charge is 2.41. The normalized spacial score (nSPS) is 11.7. The Morgan fingerprint density at radius 1 is 1.35 bits per heavy atom. The van der Waals surface area contributed by atoms with E-state index in [1.165, 1.54) is 6.07 Å². The number of hydrogen-bond donors (Lipinski definition) is 1. The molecule has 0 unspecified atom stereocenters. The monoisotopic (exact) mass is 352 g/mol. The summed E-state index contributed by atoms with van der Waals surface area (Å²) in [4.78, 5) is 10.8. The van der Waals surface area contributed by atoms with Gasteiger partial charge in [-0.3, -0.25) is 0 Å². The highest BCUT2D eigenvalue weighted by atomic mass is 79.9. The second-order valence-electron chi connectivity index (χ2n) is 3.72. The van der Waals surface area contributed by atoms with Crippen molar-refractivity contribution in [3.05, 3.63) is 45.9 Å². The number of nitrogens with zero attached hydrogens (tertiary/aromatic N) is 2. The number of benzene rings is 1. The van der Waals surface area contributed by atoms with Crippen LogP contribution in [-0.4, -0.2) is 20.9 Å². The molecule has 2 rings (SSSR count). The Labute approximate surface area is 117 Å². The lowest BCUT2D eigenvalue weighted by molar-refractivity contribution is -0.143. The molecule has 0 saturated heterocycles. The van der Waals surface area contributed by atoms with Crippen molar-refractivity contribution in [3.8, 4) is 5.69 Å². The molecule has 0 amide bonds. The van der Waals surface area contributed by atoms with E-state index in [9.17, 15) is 22.4 Å². The zero-order valence-corrected chi connectivity index (χ0v) is 11.0. The minimum Gasteiger partial charge on any atom is -0.478 e. The molecular weight excluding hydrogens is 348 g/mol. The van der Waals surface area contributed by atoms with Crippen LogP contribution in [0.25, 0.3) is 5.69 Å². The number of halogens is 5. The summed E-state index contributed by atoms with van der Waals surface area (Å²) in [5.74, 6) is -2.76. The van der Waals surface area contributed by atoms with Gasteiger partial charge in [0.05, 0.1) is 6.20 Å². The number of carboxylic acid groups (broad SMARTS) is 1. The number of hydrogen-bond acceptors (Lipinski definition) is 2. The third-order valence-electron chi connectivity index (χ3n) is 2.41. The van der Waals surface area contributed by atoms with Crippen molar-refractivity contribution in [1.29, 1.82) is 0 Å². The van der Waals surface area contributed by atoms with Crippen LogP contribution in [0.15, 0.2) is 28.9 Å². The molecule has 1 N–H and O–H groups in total. The summed E-state index contributed by atoms with van der Waals surface area (Å²) in [6, 6.07) is 3.34. The maximum Gasteiger partial charge on any atom is 0.434 e. The Balaban J connectivity index is 2.72. The molecule has 2 aromatic rings. The van der Waals surface area contributed by atoms with E-state index in [0.717, 1.165) is 12.1 Å². The summed E-state index contributed by atoms with van der Waals surface area (Å²) in [6.45, 7) is 0. The van der Waals surface area contributed by atoms with E-state index in [0.29, 0.717) is 10.7 Å². The summed E-state index contributed by atoms with van der Waals surface area (Å²) in [5.41, 5.74) is -3.07. The van der Waals surface area contributed by atoms with Gasteiger partial charge in [-0.05, 0) is 18.2 Å². The van der Waals surface area contributed by atoms with Crippen LogP contribution in [0.2, 0.25) is 0 Å². The molecule has 0 spiro atoms. The Bertz CT molecular complexity index is 682. The Hall–Kier alpha value is -1.90. The average Bonchev–Trinajstić information content (AvgIpc) is 2.73. The van der Waals surface area contributed by atoms with Crippen molar-refractivity contribution in [3.63, 3.8) is 0 Å². The fraction of sp³-hybridized carbons (Fsp3) is 0.0909. The van der Waals surface area contributed by atoms with Crippen LogP contribution in [0.3, 0.4) is 0 Å². The van der Waals surface area contributed by atoms with Crippen LogP contribution in [0.5, 0.6) is 0 Å². The molecule has 0 atom stereocenters. The second kappa shape index (κ2) is 4.89. The van der Waals surface area contributed by atoms with Gasteiger partial charge in [-0.25, -0.2) is 13.9 Å². The van der Waals surface area contributed by atoms with Crippen LogP contribution in [0, 0.1) is 5.82 Å². The van der Waals surface area contributed by atoms with Gasteiger partial charge in [-0.1, -0.05) is 15.9 Å². The standard InChI is InChI=1S/C11H5BrF4N2O2/c12-5-1-2-8(7(13)3-5)18-9(11(14,15)16)6(4-17-18)10(19)20/h1-4H,(H,19,20). The third-order valence-corrected chi connectivity index (χ3v) is 2.90. The first-order valence-corrected chi connectivity index (χ1v) is 5.85. The lowest BCUT2D eigenvalue weighted by Crippen LogP contribution is -2.18. The maximum atomic E-state index is 13.7. The largest absolute Gasteiger partial charge is 0.478 e. The fourth-order valence-electron chi connectivity index (χ4n) is 1.61. The topological polar surface area (TPSA) is 55.1 Å². The van der Waals surface area contributed by atoms with E-state index in [-0.39, 0.29) is 4.68 Å². The smallest absolute Gasteiger partial charge is 0.434 e. The molecule has 0 aliphatic heterocycles. The van der Waals surface area contributed by atoms with Crippen molar-refractivity contribution in [2.24, 2.45) is 0 Å². The summed E-state index contributed by atoms with van der Waals surface area (Å²) in [6.07, 6.45) is -4.45. The van der Waals surface area contributed by atoms with Gasteiger partial charge in [0.15, 0.2) is 5.69 Å². The SMILES string of the molecule is O=C(O)c1cnn(-c2ccc(Br)cc2F)c1C(F)(F)F. The first-order chi connectivity index (χ1) is 9.21. The zero-order valence-electron chi connectivity index (χ0n) is 9.45. The number of carbonyl (C=O) groups is 1. The van der Waals surface area contributed by atoms with Gasteiger partial charge in [-0.15, -0.1) is 0 Å². The summed E-state index contributed by atoms with van der Waals surface area (Å²) >= 11 is 2.97. The fourth-order valence-corrected chi connectivity index (χ4v) is 1.95. The summed E-state index contributed by atoms with van der Waals surface area (Å²) < 4.78 is 53.1. The zero-order chi connectivity index (χ0) is 15.1. The van der Waals surface area contributed by atoms with Crippen LogP contribution >= 0.6 is 15.9 Å². The van der Waals surface area contributed by atoms with Gasteiger partial charge in [0.1, 0.15) is 17.1 Å². The van der Waals surface area contributed by atoms with E-state index in [1.54, 1.807) is 0 Å².